The molecule has 1 N–H and O–H groups in total. The Hall–Kier alpha value is -0.950. The maximum Gasteiger partial charge on any atom is 0.305 e. The minimum atomic E-state index is -0.271. The van der Waals surface area contributed by atoms with Gasteiger partial charge in [-0.1, -0.05) is 51.2 Å². The van der Waals surface area contributed by atoms with E-state index in [0.717, 1.165) is 51.4 Å². The molecule has 0 amide bonds. The largest absolute Gasteiger partial charge is 0.469 e. The summed E-state index contributed by atoms with van der Waals surface area (Å²) in [7, 11) is 1.42. The van der Waals surface area contributed by atoms with Gasteiger partial charge in [-0.25, -0.2) is 14.7 Å². The van der Waals surface area contributed by atoms with Crippen LogP contribution in [0, 0.1) is 11.8 Å². The van der Waals surface area contributed by atoms with E-state index in [-0.39, 0.29) is 24.3 Å². The molecule has 5 atom stereocenters. The maximum absolute atomic E-state index is 11.0. The number of esters is 1. The Bertz CT molecular complexity index is 424. The summed E-state index contributed by atoms with van der Waals surface area (Å²) in [5, 5.41) is 9.13. The average molecular weight is 356 g/mol. The molecule has 6 nitrogen and oxygen atoms in total. The zero-order valence-corrected chi connectivity index (χ0v) is 15.4. The molecule has 0 aromatic heterocycles. The third-order valence-corrected chi connectivity index (χ3v) is 5.42. The number of carbonyl (C=O) groups excluding carboxylic acids is 1. The monoisotopic (exact) mass is 356 g/mol. The fraction of sp³-hybridized carbons (Fsp3) is 0.842. The van der Waals surface area contributed by atoms with Crippen LogP contribution in [0.15, 0.2) is 12.2 Å². The minimum absolute atomic E-state index is 0.139. The molecule has 0 aromatic rings. The van der Waals surface area contributed by atoms with Crippen LogP contribution in [0.2, 0.25) is 0 Å². The highest BCUT2D eigenvalue weighted by molar-refractivity contribution is 5.68. The second-order valence-electron chi connectivity index (χ2n) is 7.07. The number of fused-ring (bicyclic) bond motifs is 2. The lowest BCUT2D eigenvalue weighted by Crippen LogP contribution is -2.28. The third-order valence-electron chi connectivity index (χ3n) is 5.42. The van der Waals surface area contributed by atoms with E-state index in [1.54, 1.807) is 0 Å². The highest BCUT2D eigenvalue weighted by Crippen LogP contribution is 2.44. The van der Waals surface area contributed by atoms with Crippen molar-refractivity contribution in [3.63, 3.8) is 0 Å². The van der Waals surface area contributed by atoms with Gasteiger partial charge in [-0.05, 0) is 18.8 Å². The zero-order valence-electron chi connectivity index (χ0n) is 15.4. The molecule has 0 unspecified atom stereocenters. The number of ether oxygens (including phenoxy) is 1. The molecule has 2 aliphatic rings. The molecule has 0 aromatic carbocycles. The van der Waals surface area contributed by atoms with Crippen LogP contribution in [-0.2, 0) is 24.2 Å². The van der Waals surface area contributed by atoms with Crippen LogP contribution < -0.4 is 0 Å². The molecule has 1 aliphatic carbocycles. The molecule has 144 valence electrons. The number of methoxy groups -OCH3 is 1. The van der Waals surface area contributed by atoms with Gasteiger partial charge in [-0.2, -0.15) is 0 Å². The average Bonchev–Trinajstić information content (AvgIpc) is 3.24. The molecule has 0 radical (unpaired) electrons. The number of unbranched alkanes of at least 4 members (excludes halogenated alkanes) is 4. The molecule has 2 fully saturated rings. The molecule has 25 heavy (non-hydrogen) atoms. The Morgan fingerprint density at radius 3 is 2.64 bits per heavy atom. The van der Waals surface area contributed by atoms with E-state index in [1.165, 1.54) is 7.11 Å². The van der Waals surface area contributed by atoms with Gasteiger partial charge in [0.15, 0.2) is 0 Å². The molecule has 1 saturated carbocycles. The highest BCUT2D eigenvalue weighted by atomic mass is 17.2. The molecule has 2 rings (SSSR count). The van der Waals surface area contributed by atoms with Gasteiger partial charge in [0.25, 0.3) is 0 Å². The Kier molecular flexibility index (Phi) is 8.89. The minimum Gasteiger partial charge on any atom is -0.469 e. The van der Waals surface area contributed by atoms with E-state index >= 15 is 0 Å². The SMILES string of the molecule is CC[C@@H]1[C@@H](/C=C/[C@@H](CCCCCCCC(=O)OC)OO)[C@H]2C[C@@H]1OO2. The van der Waals surface area contributed by atoms with Gasteiger partial charge in [0.1, 0.15) is 12.2 Å². The number of rotatable bonds is 12. The first-order chi connectivity index (χ1) is 12.2. The van der Waals surface area contributed by atoms with E-state index in [1.807, 2.05) is 6.08 Å². The van der Waals surface area contributed by atoms with Crippen molar-refractivity contribution in [2.75, 3.05) is 7.11 Å². The topological polar surface area (TPSA) is 74.2 Å². The summed E-state index contributed by atoms with van der Waals surface area (Å²) in [5.41, 5.74) is 0. The summed E-state index contributed by atoms with van der Waals surface area (Å²) in [6, 6.07) is 0. The van der Waals surface area contributed by atoms with Crippen molar-refractivity contribution >= 4 is 5.97 Å². The first kappa shape index (κ1) is 20.4. The Labute approximate surface area is 150 Å². The van der Waals surface area contributed by atoms with Gasteiger partial charge in [0, 0.05) is 18.8 Å². The molecule has 1 heterocycles. The summed E-state index contributed by atoms with van der Waals surface area (Å²) in [4.78, 5) is 26.3. The van der Waals surface area contributed by atoms with E-state index in [9.17, 15) is 4.79 Å². The predicted molar refractivity (Wildman–Crippen MR) is 92.6 cm³/mol. The summed E-state index contributed by atoms with van der Waals surface area (Å²) in [6.07, 6.45) is 12.5. The summed E-state index contributed by atoms with van der Waals surface area (Å²) >= 11 is 0. The predicted octanol–water partition coefficient (Wildman–Crippen LogP) is 4.05. The van der Waals surface area contributed by atoms with E-state index in [2.05, 4.69) is 22.6 Å². The number of hydrogen-bond acceptors (Lipinski definition) is 6. The van der Waals surface area contributed by atoms with Crippen LogP contribution in [0.4, 0.5) is 0 Å². The molecule has 1 saturated heterocycles. The molecular formula is C19H32O6. The van der Waals surface area contributed by atoms with Crippen molar-refractivity contribution in [3.05, 3.63) is 12.2 Å². The van der Waals surface area contributed by atoms with Crippen LogP contribution in [0.3, 0.4) is 0 Å². The smallest absolute Gasteiger partial charge is 0.305 e. The van der Waals surface area contributed by atoms with Crippen molar-refractivity contribution < 1.29 is 29.5 Å². The van der Waals surface area contributed by atoms with Crippen LogP contribution in [0.5, 0.6) is 0 Å². The molecule has 0 spiro atoms. The van der Waals surface area contributed by atoms with Gasteiger partial charge in [0.05, 0.1) is 13.2 Å². The number of carbonyl (C=O) groups is 1. The zero-order chi connectivity index (χ0) is 18.1. The molecular weight excluding hydrogens is 324 g/mol. The normalized spacial score (nSPS) is 29.4. The molecule has 1 aliphatic heterocycles. The highest BCUT2D eigenvalue weighted by Gasteiger charge is 2.48. The maximum atomic E-state index is 11.0. The summed E-state index contributed by atoms with van der Waals surface area (Å²) in [6.45, 7) is 2.18. The van der Waals surface area contributed by atoms with Gasteiger partial charge in [-0.3, -0.25) is 10.1 Å². The first-order valence-electron chi connectivity index (χ1n) is 9.57. The lowest BCUT2D eigenvalue weighted by molar-refractivity contribution is -0.336. The van der Waals surface area contributed by atoms with Gasteiger partial charge in [0.2, 0.25) is 0 Å². The second-order valence-corrected chi connectivity index (χ2v) is 7.07. The van der Waals surface area contributed by atoms with Gasteiger partial charge < -0.3 is 4.74 Å². The van der Waals surface area contributed by atoms with Gasteiger partial charge in [-0.15, -0.1) is 0 Å². The first-order valence-corrected chi connectivity index (χ1v) is 9.57. The summed E-state index contributed by atoms with van der Waals surface area (Å²) < 4.78 is 4.62. The Balaban J connectivity index is 1.61. The second kappa shape index (κ2) is 10.9. The van der Waals surface area contributed by atoms with Crippen LogP contribution in [0.25, 0.3) is 0 Å². The lowest BCUT2D eigenvalue weighted by atomic mass is 9.90. The van der Waals surface area contributed by atoms with Crippen LogP contribution >= 0.6 is 0 Å². The standard InChI is InChI=1S/C19H32O6/c1-3-15-16(18-13-17(15)24-25-18)12-11-14(23-21)9-7-5-4-6-8-10-19(20)22-2/h11-12,14-18,21H,3-10,13H2,1-2H3/b12-11+/t14-,15-,16-,17+,18-/m1/s1. The van der Waals surface area contributed by atoms with Crippen molar-refractivity contribution in [2.24, 2.45) is 11.8 Å². The number of hydrogen-bond donors (Lipinski definition) is 1. The fourth-order valence-corrected chi connectivity index (χ4v) is 3.93. The van der Waals surface area contributed by atoms with E-state index in [4.69, 9.17) is 15.0 Å². The van der Waals surface area contributed by atoms with Crippen LogP contribution in [-0.4, -0.2) is 36.6 Å². The fourth-order valence-electron chi connectivity index (χ4n) is 3.93. The van der Waals surface area contributed by atoms with Crippen molar-refractivity contribution in [2.45, 2.75) is 83.0 Å². The summed E-state index contributed by atoms with van der Waals surface area (Å²) in [5.74, 6) is 0.697. The molecule has 2 bridgehead atoms. The Morgan fingerprint density at radius 1 is 1.20 bits per heavy atom. The lowest BCUT2D eigenvalue weighted by Gasteiger charge is -2.27. The Morgan fingerprint density at radius 2 is 1.92 bits per heavy atom. The van der Waals surface area contributed by atoms with Crippen LogP contribution in [0.1, 0.15) is 64.7 Å². The van der Waals surface area contributed by atoms with Gasteiger partial charge >= 0.3 is 5.97 Å². The third kappa shape index (κ3) is 6.06. The van der Waals surface area contributed by atoms with Crippen molar-refractivity contribution in [3.8, 4) is 0 Å². The van der Waals surface area contributed by atoms with E-state index < -0.39 is 0 Å². The van der Waals surface area contributed by atoms with E-state index in [0.29, 0.717) is 18.3 Å². The van der Waals surface area contributed by atoms with Crippen molar-refractivity contribution in [1.29, 1.82) is 0 Å². The molecule has 6 heteroatoms. The quantitative estimate of drug-likeness (QED) is 0.187. The van der Waals surface area contributed by atoms with Crippen molar-refractivity contribution in [1.82, 2.24) is 0 Å².